The van der Waals surface area contributed by atoms with Gasteiger partial charge in [0.1, 0.15) is 7.75 Å². The van der Waals surface area contributed by atoms with Crippen LogP contribution in [0.15, 0.2) is 0 Å². The van der Waals surface area contributed by atoms with Crippen LogP contribution in [0.2, 0.25) is 26.2 Å². The molecule has 1 radical (unpaired) electrons. The van der Waals surface area contributed by atoms with Crippen molar-refractivity contribution in [1.29, 1.82) is 0 Å². The summed E-state index contributed by atoms with van der Waals surface area (Å²) in [7, 11) is -1.73. The van der Waals surface area contributed by atoms with Crippen LogP contribution in [-0.2, 0) is 0 Å². The van der Waals surface area contributed by atoms with Crippen molar-refractivity contribution in [3.05, 3.63) is 0 Å². The average Bonchev–Trinajstić information content (AvgIpc) is 1.56. The fourth-order valence-corrected chi connectivity index (χ4v) is 16.8. The molecule has 0 aliphatic carbocycles. The largest absolute Gasteiger partial charge is 0.415 e. The second-order valence-corrected chi connectivity index (χ2v) is 24.1. The second-order valence-electron chi connectivity index (χ2n) is 3.25. The SMILES string of the molecule is C[Si](C)[Si](C)(C)N[Si](Cl)(Cl)Cl. The highest BCUT2D eigenvalue weighted by Crippen LogP contribution is 2.19. The molecular formula is C4H13Cl3NSi3. The van der Waals surface area contributed by atoms with Crippen LogP contribution in [0.3, 0.4) is 0 Å². The molecule has 0 aromatic carbocycles. The van der Waals surface area contributed by atoms with Crippen molar-refractivity contribution in [2.75, 3.05) is 0 Å². The van der Waals surface area contributed by atoms with Gasteiger partial charge in [-0.1, -0.05) is 26.2 Å². The second kappa shape index (κ2) is 4.13. The van der Waals surface area contributed by atoms with Crippen molar-refractivity contribution >= 4 is 55.5 Å². The molecule has 0 fully saturated rings. The van der Waals surface area contributed by atoms with Crippen molar-refractivity contribution in [2.24, 2.45) is 0 Å². The zero-order chi connectivity index (χ0) is 9.28. The van der Waals surface area contributed by atoms with Gasteiger partial charge in [-0.25, -0.2) is 0 Å². The first-order chi connectivity index (χ1) is 4.65. The molecule has 0 spiro atoms. The predicted molar refractivity (Wildman–Crippen MR) is 61.4 cm³/mol. The molecule has 0 aromatic heterocycles. The Morgan fingerprint density at radius 2 is 1.45 bits per heavy atom. The summed E-state index contributed by atoms with van der Waals surface area (Å²) >= 11 is 17.3. The molecule has 0 aliphatic rings. The third-order valence-electron chi connectivity index (χ3n) is 1.70. The molecular weight excluding hydrogens is 253 g/mol. The maximum atomic E-state index is 5.77. The smallest absolute Gasteiger partial charge is 0.325 e. The summed E-state index contributed by atoms with van der Waals surface area (Å²) in [6.07, 6.45) is -2.60. The minimum atomic E-state index is -2.60. The van der Waals surface area contributed by atoms with E-state index >= 15 is 0 Å². The Bertz CT molecular complexity index is 133. The number of nitrogens with one attached hydrogen (secondary N) is 1. The maximum Gasteiger partial charge on any atom is 0.415 e. The van der Waals surface area contributed by atoms with E-state index in [9.17, 15) is 0 Å². The Kier molecular flexibility index (Phi) is 4.68. The first kappa shape index (κ1) is 12.5. The molecule has 0 bridgehead atoms. The van der Waals surface area contributed by atoms with E-state index in [1.165, 1.54) is 0 Å². The van der Waals surface area contributed by atoms with Gasteiger partial charge in [-0.2, -0.15) is 0 Å². The zero-order valence-corrected chi connectivity index (χ0v) is 12.4. The summed E-state index contributed by atoms with van der Waals surface area (Å²) in [5.74, 6) is 0. The molecule has 0 saturated heterocycles. The van der Waals surface area contributed by atoms with Gasteiger partial charge in [-0.3, -0.25) is 0 Å². The van der Waals surface area contributed by atoms with Crippen molar-refractivity contribution in [3.63, 3.8) is 0 Å². The highest BCUT2D eigenvalue weighted by molar-refractivity contribution is 7.66. The Morgan fingerprint density at radius 3 is 1.55 bits per heavy atom. The van der Waals surface area contributed by atoms with Crippen molar-refractivity contribution in [2.45, 2.75) is 26.2 Å². The molecule has 0 rings (SSSR count). The number of hydrogen-bond donors (Lipinski definition) is 1. The van der Waals surface area contributed by atoms with E-state index in [0.717, 1.165) is 0 Å². The molecule has 0 atom stereocenters. The fourth-order valence-electron chi connectivity index (χ4n) is 0.479. The van der Waals surface area contributed by atoms with Gasteiger partial charge in [-0.15, -0.1) is 33.2 Å². The summed E-state index contributed by atoms with van der Waals surface area (Å²) in [4.78, 5) is 0. The van der Waals surface area contributed by atoms with Crippen molar-refractivity contribution in [1.82, 2.24) is 4.65 Å². The molecule has 1 nitrogen and oxygen atoms in total. The van der Waals surface area contributed by atoms with Crippen LogP contribution in [-0.4, -0.2) is 22.2 Å². The van der Waals surface area contributed by atoms with Crippen LogP contribution >= 0.6 is 33.2 Å². The number of hydrogen-bond acceptors (Lipinski definition) is 1. The Labute approximate surface area is 86.1 Å². The van der Waals surface area contributed by atoms with E-state index in [-0.39, 0.29) is 8.31 Å². The van der Waals surface area contributed by atoms with Crippen LogP contribution in [0.4, 0.5) is 0 Å². The van der Waals surface area contributed by atoms with Crippen LogP contribution in [0.1, 0.15) is 0 Å². The lowest BCUT2D eigenvalue weighted by Crippen LogP contribution is -2.61. The Hall–Kier alpha value is 1.48. The predicted octanol–water partition coefficient (Wildman–Crippen LogP) is 2.77. The lowest BCUT2D eigenvalue weighted by Gasteiger charge is -2.30. The van der Waals surface area contributed by atoms with Crippen LogP contribution in [0, 0.1) is 0 Å². The quantitative estimate of drug-likeness (QED) is 0.611. The minimum absolute atomic E-state index is 0.335. The number of halogens is 3. The van der Waals surface area contributed by atoms with Gasteiger partial charge in [0.25, 0.3) is 0 Å². The monoisotopic (exact) mass is 264 g/mol. The van der Waals surface area contributed by atoms with E-state index in [4.69, 9.17) is 33.2 Å². The summed E-state index contributed by atoms with van der Waals surface area (Å²) in [6.45, 7) is 8.95. The van der Waals surface area contributed by atoms with E-state index in [2.05, 4.69) is 30.8 Å². The van der Waals surface area contributed by atoms with Crippen LogP contribution in [0.25, 0.3) is 0 Å². The molecule has 0 aliphatic heterocycles. The molecule has 7 heteroatoms. The van der Waals surface area contributed by atoms with E-state index in [0.29, 0.717) is 0 Å². The summed E-state index contributed by atoms with van der Waals surface area (Å²) in [6, 6.07) is 0. The normalized spacial score (nSPS) is 14.2. The highest BCUT2D eigenvalue weighted by atomic mass is 35.8. The summed E-state index contributed by atoms with van der Waals surface area (Å²) < 4.78 is 3.21. The molecule has 0 heterocycles. The topological polar surface area (TPSA) is 12.0 Å². The molecule has 67 valence electrons. The third-order valence-corrected chi connectivity index (χ3v) is 19.0. The summed E-state index contributed by atoms with van der Waals surface area (Å²) in [5.41, 5.74) is 0. The zero-order valence-electron chi connectivity index (χ0n) is 7.13. The minimum Gasteiger partial charge on any atom is -0.325 e. The average molecular weight is 266 g/mol. The van der Waals surface area contributed by atoms with Gasteiger partial charge in [0.2, 0.25) is 0 Å². The first-order valence-corrected chi connectivity index (χ1v) is 14.9. The van der Waals surface area contributed by atoms with Crippen molar-refractivity contribution in [3.8, 4) is 0 Å². The summed E-state index contributed by atoms with van der Waals surface area (Å²) in [5, 5.41) is 0. The highest BCUT2D eigenvalue weighted by Gasteiger charge is 2.37. The van der Waals surface area contributed by atoms with Crippen LogP contribution in [0.5, 0.6) is 0 Å². The van der Waals surface area contributed by atoms with E-state index in [1.807, 2.05) is 0 Å². The fraction of sp³-hybridized carbons (Fsp3) is 1.00. The van der Waals surface area contributed by atoms with Crippen LogP contribution < -0.4 is 4.65 Å². The molecule has 11 heavy (non-hydrogen) atoms. The molecule has 0 saturated carbocycles. The molecule has 0 amide bonds. The first-order valence-electron chi connectivity index (χ1n) is 3.32. The van der Waals surface area contributed by atoms with Gasteiger partial charge >= 0.3 is 6.16 Å². The Balaban J connectivity index is 4.13. The number of rotatable bonds is 3. The molecule has 0 unspecified atom stereocenters. The van der Waals surface area contributed by atoms with Crippen molar-refractivity contribution < 1.29 is 0 Å². The molecule has 0 aromatic rings. The lowest BCUT2D eigenvalue weighted by molar-refractivity contribution is 1.46. The lowest BCUT2D eigenvalue weighted by atomic mass is 11.9. The van der Waals surface area contributed by atoms with E-state index in [1.54, 1.807) is 0 Å². The van der Waals surface area contributed by atoms with E-state index < -0.39 is 13.9 Å². The van der Waals surface area contributed by atoms with Gasteiger partial charge < -0.3 is 4.65 Å². The van der Waals surface area contributed by atoms with Gasteiger partial charge in [-0.05, 0) is 0 Å². The van der Waals surface area contributed by atoms with Gasteiger partial charge in [0.15, 0.2) is 0 Å². The maximum absolute atomic E-state index is 5.77. The standard InChI is InChI=1S/C4H13Cl3NSi3/c1-9(2)10(3,4)8-11(5,6)7/h8H,1-4H3. The van der Waals surface area contributed by atoms with Gasteiger partial charge in [0, 0.05) is 0 Å². The molecule has 1 N–H and O–H groups in total. The van der Waals surface area contributed by atoms with Gasteiger partial charge in [0.05, 0.1) is 8.31 Å². The third kappa shape index (κ3) is 5.68. The Morgan fingerprint density at radius 1 is 1.09 bits per heavy atom.